The molecular formula is C15H19N5O. The predicted octanol–water partition coefficient (Wildman–Crippen LogP) is 2.44. The van der Waals surface area contributed by atoms with Crippen LogP contribution in [0.3, 0.4) is 0 Å². The monoisotopic (exact) mass is 285 g/mol. The summed E-state index contributed by atoms with van der Waals surface area (Å²) >= 11 is 0. The van der Waals surface area contributed by atoms with Crippen molar-refractivity contribution >= 4 is 17.1 Å². The second-order valence-electron chi connectivity index (χ2n) is 5.03. The molecule has 3 rings (SSSR count). The maximum Gasteiger partial charge on any atom is 0.207 e. The van der Waals surface area contributed by atoms with Gasteiger partial charge in [-0.15, -0.1) is 0 Å². The Bertz CT molecular complexity index is 770. The number of benzene rings is 1. The Balaban J connectivity index is 2.05. The number of ether oxygens (including phenoxy) is 1. The Kier molecular flexibility index (Phi) is 3.29. The number of aryl methyl sites for hydroxylation is 2. The van der Waals surface area contributed by atoms with E-state index in [0.717, 1.165) is 41.3 Å². The van der Waals surface area contributed by atoms with Gasteiger partial charge in [0, 0.05) is 7.05 Å². The van der Waals surface area contributed by atoms with Gasteiger partial charge < -0.3 is 10.5 Å². The fourth-order valence-corrected chi connectivity index (χ4v) is 2.46. The van der Waals surface area contributed by atoms with Crippen LogP contribution in [0.25, 0.3) is 16.9 Å². The normalized spacial score (nSPS) is 11.2. The van der Waals surface area contributed by atoms with E-state index in [1.807, 2.05) is 42.8 Å². The lowest BCUT2D eigenvalue weighted by molar-refractivity contribution is 0.317. The lowest BCUT2D eigenvalue weighted by atomic mass is 10.3. The largest absolute Gasteiger partial charge is 0.494 e. The highest BCUT2D eigenvalue weighted by molar-refractivity contribution is 5.80. The number of nitrogen functional groups attached to an aromatic ring is 1. The summed E-state index contributed by atoms with van der Waals surface area (Å²) in [5, 5.41) is 4.39. The lowest BCUT2D eigenvalue weighted by Gasteiger charge is -2.09. The second-order valence-corrected chi connectivity index (χ2v) is 5.03. The molecule has 0 saturated carbocycles. The number of aromatic nitrogens is 4. The van der Waals surface area contributed by atoms with Crippen LogP contribution in [0, 0.1) is 6.92 Å². The quantitative estimate of drug-likeness (QED) is 0.799. The number of fused-ring (bicyclic) bond motifs is 1. The van der Waals surface area contributed by atoms with Crippen LogP contribution < -0.4 is 10.5 Å². The average Bonchev–Trinajstić information content (AvgIpc) is 2.95. The first kappa shape index (κ1) is 13.5. The van der Waals surface area contributed by atoms with Crippen LogP contribution >= 0.6 is 0 Å². The molecular weight excluding hydrogens is 266 g/mol. The number of nitrogens with two attached hydrogens (primary N) is 1. The molecule has 0 fully saturated rings. The van der Waals surface area contributed by atoms with Crippen molar-refractivity contribution in [3.05, 3.63) is 30.0 Å². The highest BCUT2D eigenvalue weighted by Crippen LogP contribution is 2.25. The zero-order valence-electron chi connectivity index (χ0n) is 12.5. The maximum absolute atomic E-state index is 6.07. The fourth-order valence-electron chi connectivity index (χ4n) is 2.46. The Labute approximate surface area is 123 Å². The summed E-state index contributed by atoms with van der Waals surface area (Å²) in [4.78, 5) is 4.41. The van der Waals surface area contributed by atoms with Crippen LogP contribution in [0.1, 0.15) is 19.0 Å². The SMILES string of the molecule is CCCOc1ccc(-n2c(N)nc3c(C)nn(C)c32)cc1. The summed E-state index contributed by atoms with van der Waals surface area (Å²) in [7, 11) is 1.89. The molecule has 0 aliphatic carbocycles. The van der Waals surface area contributed by atoms with Crippen LogP contribution in [0.2, 0.25) is 0 Å². The molecule has 0 aliphatic rings. The Hall–Kier alpha value is -2.50. The second kappa shape index (κ2) is 5.12. The molecule has 2 aromatic heterocycles. The number of rotatable bonds is 4. The lowest BCUT2D eigenvalue weighted by Crippen LogP contribution is -2.05. The third kappa shape index (κ3) is 2.22. The summed E-state index contributed by atoms with van der Waals surface area (Å²) in [5.74, 6) is 1.32. The number of nitrogens with zero attached hydrogens (tertiary/aromatic N) is 4. The molecule has 0 amide bonds. The van der Waals surface area contributed by atoms with E-state index in [0.29, 0.717) is 5.95 Å². The molecule has 0 unspecified atom stereocenters. The van der Waals surface area contributed by atoms with Crippen molar-refractivity contribution in [3.8, 4) is 11.4 Å². The van der Waals surface area contributed by atoms with E-state index in [4.69, 9.17) is 10.5 Å². The van der Waals surface area contributed by atoms with E-state index in [2.05, 4.69) is 17.0 Å². The van der Waals surface area contributed by atoms with Gasteiger partial charge in [0.05, 0.1) is 18.0 Å². The molecule has 0 saturated heterocycles. The van der Waals surface area contributed by atoms with Crippen LogP contribution in [0.4, 0.5) is 5.95 Å². The van der Waals surface area contributed by atoms with Gasteiger partial charge in [0.2, 0.25) is 5.95 Å². The van der Waals surface area contributed by atoms with Gasteiger partial charge in [-0.1, -0.05) is 6.92 Å². The highest BCUT2D eigenvalue weighted by Gasteiger charge is 2.16. The molecule has 0 radical (unpaired) electrons. The van der Waals surface area contributed by atoms with Gasteiger partial charge in [0.1, 0.15) is 11.3 Å². The first-order chi connectivity index (χ1) is 10.1. The fraction of sp³-hybridized carbons (Fsp3) is 0.333. The first-order valence-corrected chi connectivity index (χ1v) is 7.02. The molecule has 0 spiro atoms. The van der Waals surface area contributed by atoms with Crippen LogP contribution in [-0.4, -0.2) is 25.9 Å². The smallest absolute Gasteiger partial charge is 0.207 e. The molecule has 2 N–H and O–H groups in total. The minimum Gasteiger partial charge on any atom is -0.494 e. The van der Waals surface area contributed by atoms with Gasteiger partial charge in [-0.3, -0.25) is 4.57 Å². The van der Waals surface area contributed by atoms with E-state index in [-0.39, 0.29) is 0 Å². The summed E-state index contributed by atoms with van der Waals surface area (Å²) in [5.41, 5.74) is 9.62. The Morgan fingerprint density at radius 1 is 1.24 bits per heavy atom. The third-order valence-corrected chi connectivity index (χ3v) is 3.40. The minimum absolute atomic E-state index is 0.461. The minimum atomic E-state index is 0.461. The van der Waals surface area contributed by atoms with Gasteiger partial charge in [-0.25, -0.2) is 9.67 Å². The van der Waals surface area contributed by atoms with Gasteiger partial charge in [0.15, 0.2) is 5.65 Å². The summed E-state index contributed by atoms with van der Waals surface area (Å²) < 4.78 is 9.30. The Morgan fingerprint density at radius 2 is 1.95 bits per heavy atom. The standard InChI is InChI=1S/C15H19N5O/c1-4-9-21-12-7-5-11(6-8-12)20-14-13(17-15(20)16)10(2)18-19(14)3/h5-8H,4,9H2,1-3H3,(H2,16,17). The van der Waals surface area contributed by atoms with Gasteiger partial charge in [0.25, 0.3) is 0 Å². The van der Waals surface area contributed by atoms with E-state index in [1.165, 1.54) is 0 Å². The molecule has 2 heterocycles. The highest BCUT2D eigenvalue weighted by atomic mass is 16.5. The van der Waals surface area contributed by atoms with Crippen molar-refractivity contribution in [2.45, 2.75) is 20.3 Å². The zero-order chi connectivity index (χ0) is 15.0. The molecule has 6 nitrogen and oxygen atoms in total. The maximum atomic E-state index is 6.07. The number of hydrogen-bond donors (Lipinski definition) is 1. The summed E-state index contributed by atoms with van der Waals surface area (Å²) in [6.45, 7) is 4.74. The summed E-state index contributed by atoms with van der Waals surface area (Å²) in [6.07, 6.45) is 0.991. The topological polar surface area (TPSA) is 70.9 Å². The first-order valence-electron chi connectivity index (χ1n) is 7.02. The number of imidazole rings is 1. The van der Waals surface area contributed by atoms with Gasteiger partial charge >= 0.3 is 0 Å². The van der Waals surface area contributed by atoms with E-state index in [9.17, 15) is 0 Å². The van der Waals surface area contributed by atoms with Crippen molar-refractivity contribution in [3.63, 3.8) is 0 Å². The molecule has 6 heteroatoms. The zero-order valence-corrected chi connectivity index (χ0v) is 12.5. The van der Waals surface area contributed by atoms with Crippen LogP contribution in [0.5, 0.6) is 5.75 Å². The van der Waals surface area contributed by atoms with Crippen molar-refractivity contribution in [1.29, 1.82) is 0 Å². The molecule has 1 aromatic carbocycles. The molecule has 110 valence electrons. The van der Waals surface area contributed by atoms with Crippen molar-refractivity contribution < 1.29 is 4.74 Å². The molecule has 21 heavy (non-hydrogen) atoms. The number of anilines is 1. The van der Waals surface area contributed by atoms with Crippen LogP contribution in [-0.2, 0) is 7.05 Å². The summed E-state index contributed by atoms with van der Waals surface area (Å²) in [6, 6.07) is 7.84. The van der Waals surface area contributed by atoms with Crippen molar-refractivity contribution in [1.82, 2.24) is 19.3 Å². The molecule has 0 aliphatic heterocycles. The molecule has 0 bridgehead atoms. The van der Waals surface area contributed by atoms with Crippen LogP contribution in [0.15, 0.2) is 24.3 Å². The molecule has 3 aromatic rings. The number of hydrogen-bond acceptors (Lipinski definition) is 4. The van der Waals surface area contributed by atoms with Gasteiger partial charge in [-0.2, -0.15) is 5.10 Å². The van der Waals surface area contributed by atoms with E-state index in [1.54, 1.807) is 4.68 Å². The van der Waals surface area contributed by atoms with E-state index < -0.39 is 0 Å². The van der Waals surface area contributed by atoms with Crippen molar-refractivity contribution in [2.24, 2.45) is 7.05 Å². The third-order valence-electron chi connectivity index (χ3n) is 3.40. The van der Waals surface area contributed by atoms with Crippen molar-refractivity contribution in [2.75, 3.05) is 12.3 Å². The van der Waals surface area contributed by atoms with Gasteiger partial charge in [-0.05, 0) is 37.6 Å². The molecule has 0 atom stereocenters. The van der Waals surface area contributed by atoms with E-state index >= 15 is 0 Å². The predicted molar refractivity (Wildman–Crippen MR) is 82.8 cm³/mol. The average molecular weight is 285 g/mol. The Morgan fingerprint density at radius 3 is 2.62 bits per heavy atom.